The summed E-state index contributed by atoms with van der Waals surface area (Å²) in [5, 5.41) is 20.2. The molecule has 0 aliphatic carbocycles. The van der Waals surface area contributed by atoms with Gasteiger partial charge in [-0.1, -0.05) is 0 Å². The molecule has 2 rings (SSSR count). The van der Waals surface area contributed by atoms with E-state index in [0.717, 1.165) is 5.69 Å². The van der Waals surface area contributed by atoms with E-state index in [1.54, 1.807) is 19.2 Å². The van der Waals surface area contributed by atoms with Crippen LogP contribution in [0.5, 0.6) is 0 Å². The van der Waals surface area contributed by atoms with E-state index < -0.39 is 29.4 Å². The molecule has 1 aromatic heterocycles. The normalized spacial score (nSPS) is 11.5. The fourth-order valence-electron chi connectivity index (χ4n) is 2.82. The quantitative estimate of drug-likeness (QED) is 0.288. The number of carbonyl (C=O) groups excluding carboxylic acids is 1. The molecule has 166 valence electrons. The predicted molar refractivity (Wildman–Crippen MR) is 113 cm³/mol. The third-order valence-corrected chi connectivity index (χ3v) is 4.58. The number of aromatic nitrogens is 2. The summed E-state index contributed by atoms with van der Waals surface area (Å²) in [6.45, 7) is 0.431. The molecule has 0 aliphatic rings. The first-order valence-electron chi connectivity index (χ1n) is 9.29. The Morgan fingerprint density at radius 1 is 1.19 bits per heavy atom. The van der Waals surface area contributed by atoms with Crippen molar-refractivity contribution in [2.45, 2.75) is 25.3 Å². The van der Waals surface area contributed by atoms with E-state index in [-0.39, 0.29) is 30.2 Å². The van der Waals surface area contributed by atoms with Crippen LogP contribution in [0, 0.1) is 0 Å². The first-order chi connectivity index (χ1) is 14.6. The first-order valence-corrected chi connectivity index (χ1v) is 9.29. The third-order valence-electron chi connectivity index (χ3n) is 4.58. The van der Waals surface area contributed by atoms with Crippen molar-refractivity contribution in [3.05, 3.63) is 45.7 Å². The average Bonchev–Trinajstić information content (AvgIpc) is 2.69. The van der Waals surface area contributed by atoms with Gasteiger partial charge < -0.3 is 31.9 Å². The van der Waals surface area contributed by atoms with Crippen LogP contribution in [0.4, 0.5) is 17.5 Å². The number of rotatable bonds is 10. The SMILES string of the molecule is CN(CCc1c(N)nc(N)[nH]c1=O)c1ccc(C(=O)N[C@@H](CCC(=O)O)C(=O)O)cc1. The molecule has 0 saturated heterocycles. The molecule has 1 aromatic carbocycles. The van der Waals surface area contributed by atoms with Gasteiger partial charge in [-0.05, 0) is 37.1 Å². The van der Waals surface area contributed by atoms with Gasteiger partial charge in [-0.2, -0.15) is 4.98 Å². The second kappa shape index (κ2) is 10.1. The van der Waals surface area contributed by atoms with Gasteiger partial charge in [0, 0.05) is 31.3 Å². The van der Waals surface area contributed by atoms with Gasteiger partial charge in [-0.15, -0.1) is 0 Å². The minimum atomic E-state index is -1.31. The summed E-state index contributed by atoms with van der Waals surface area (Å²) in [5.74, 6) is -3.07. The summed E-state index contributed by atoms with van der Waals surface area (Å²) in [6, 6.07) is 5.06. The number of amides is 1. The van der Waals surface area contributed by atoms with Crippen molar-refractivity contribution in [2.75, 3.05) is 30.0 Å². The Bertz CT molecular complexity index is 1020. The largest absolute Gasteiger partial charge is 0.481 e. The highest BCUT2D eigenvalue weighted by atomic mass is 16.4. The zero-order valence-electron chi connectivity index (χ0n) is 16.8. The number of carboxylic acid groups (broad SMARTS) is 2. The number of carbonyl (C=O) groups is 3. The highest BCUT2D eigenvalue weighted by molar-refractivity contribution is 5.96. The number of aromatic amines is 1. The Hall–Kier alpha value is -4.09. The maximum absolute atomic E-state index is 12.3. The topological polar surface area (TPSA) is 205 Å². The lowest BCUT2D eigenvalue weighted by Crippen LogP contribution is -2.41. The van der Waals surface area contributed by atoms with Crippen LogP contribution in [0.25, 0.3) is 0 Å². The molecule has 0 saturated carbocycles. The number of aliphatic carboxylic acids is 2. The molecule has 1 heterocycles. The monoisotopic (exact) mass is 432 g/mol. The summed E-state index contributed by atoms with van der Waals surface area (Å²) in [4.78, 5) is 54.2. The molecule has 31 heavy (non-hydrogen) atoms. The lowest BCUT2D eigenvalue weighted by molar-refractivity contribution is -0.140. The van der Waals surface area contributed by atoms with Gasteiger partial charge in [0.25, 0.3) is 11.5 Å². The Kier molecular flexibility index (Phi) is 7.55. The van der Waals surface area contributed by atoms with Crippen molar-refractivity contribution in [1.82, 2.24) is 15.3 Å². The molecule has 2 aromatic rings. The van der Waals surface area contributed by atoms with E-state index in [1.807, 2.05) is 4.90 Å². The fourth-order valence-corrected chi connectivity index (χ4v) is 2.82. The van der Waals surface area contributed by atoms with Crippen molar-refractivity contribution in [2.24, 2.45) is 0 Å². The van der Waals surface area contributed by atoms with Crippen LogP contribution in [0.15, 0.2) is 29.1 Å². The number of nitrogens with zero attached hydrogens (tertiary/aromatic N) is 2. The lowest BCUT2D eigenvalue weighted by atomic mass is 10.1. The van der Waals surface area contributed by atoms with Gasteiger partial charge in [-0.3, -0.25) is 19.4 Å². The number of hydrogen-bond donors (Lipinski definition) is 6. The van der Waals surface area contributed by atoms with Gasteiger partial charge in [0.15, 0.2) is 0 Å². The molecule has 0 fully saturated rings. The summed E-state index contributed by atoms with van der Waals surface area (Å²) in [5.41, 5.74) is 12.1. The number of H-pyrrole nitrogens is 1. The van der Waals surface area contributed by atoms with Gasteiger partial charge >= 0.3 is 11.9 Å². The number of nitrogens with two attached hydrogens (primary N) is 2. The van der Waals surface area contributed by atoms with E-state index in [9.17, 15) is 19.2 Å². The molecule has 0 radical (unpaired) electrons. The molecule has 12 nitrogen and oxygen atoms in total. The van der Waals surface area contributed by atoms with Crippen LogP contribution in [-0.4, -0.2) is 57.7 Å². The van der Waals surface area contributed by atoms with E-state index in [2.05, 4.69) is 15.3 Å². The van der Waals surface area contributed by atoms with Crippen LogP contribution in [0.1, 0.15) is 28.8 Å². The lowest BCUT2D eigenvalue weighted by Gasteiger charge is -2.20. The highest BCUT2D eigenvalue weighted by Gasteiger charge is 2.21. The van der Waals surface area contributed by atoms with Crippen molar-refractivity contribution in [3.63, 3.8) is 0 Å². The third kappa shape index (κ3) is 6.45. The summed E-state index contributed by atoms with van der Waals surface area (Å²) >= 11 is 0. The molecule has 8 N–H and O–H groups in total. The Balaban J connectivity index is 2.00. The van der Waals surface area contributed by atoms with Gasteiger partial charge in [0.2, 0.25) is 5.95 Å². The predicted octanol–water partition coefficient (Wildman–Crippen LogP) is -0.339. The number of hydrogen-bond acceptors (Lipinski definition) is 8. The minimum Gasteiger partial charge on any atom is -0.481 e. The summed E-state index contributed by atoms with van der Waals surface area (Å²) < 4.78 is 0. The van der Waals surface area contributed by atoms with Crippen LogP contribution in [-0.2, 0) is 16.0 Å². The van der Waals surface area contributed by atoms with Crippen molar-refractivity contribution in [3.8, 4) is 0 Å². The Morgan fingerprint density at radius 2 is 1.84 bits per heavy atom. The minimum absolute atomic E-state index is 0.0541. The van der Waals surface area contributed by atoms with E-state index in [0.29, 0.717) is 18.5 Å². The molecule has 0 aliphatic heterocycles. The maximum atomic E-state index is 12.3. The number of carboxylic acids is 2. The van der Waals surface area contributed by atoms with Crippen molar-refractivity contribution >= 4 is 35.3 Å². The molecule has 0 bridgehead atoms. The Morgan fingerprint density at radius 3 is 2.39 bits per heavy atom. The molecule has 1 amide bonds. The number of anilines is 3. The number of nitrogen functional groups attached to an aromatic ring is 2. The fraction of sp³-hybridized carbons (Fsp3) is 0.316. The molecule has 0 unspecified atom stereocenters. The zero-order chi connectivity index (χ0) is 23.1. The summed E-state index contributed by atoms with van der Waals surface area (Å²) in [7, 11) is 1.79. The molecular weight excluding hydrogens is 408 g/mol. The van der Waals surface area contributed by atoms with E-state index in [1.165, 1.54) is 12.1 Å². The molecule has 0 spiro atoms. The van der Waals surface area contributed by atoms with Gasteiger partial charge in [0.1, 0.15) is 11.9 Å². The van der Waals surface area contributed by atoms with Gasteiger partial charge in [0.05, 0.1) is 5.56 Å². The smallest absolute Gasteiger partial charge is 0.326 e. The van der Waals surface area contributed by atoms with E-state index in [4.69, 9.17) is 21.7 Å². The van der Waals surface area contributed by atoms with Crippen LogP contribution in [0.2, 0.25) is 0 Å². The molecular formula is C19H24N6O6. The summed E-state index contributed by atoms with van der Waals surface area (Å²) in [6.07, 6.45) is -0.283. The van der Waals surface area contributed by atoms with Crippen molar-refractivity contribution < 1.29 is 24.6 Å². The van der Waals surface area contributed by atoms with E-state index >= 15 is 0 Å². The zero-order valence-corrected chi connectivity index (χ0v) is 16.8. The first kappa shape index (κ1) is 23.2. The second-order valence-electron chi connectivity index (χ2n) is 6.83. The number of benzene rings is 1. The average molecular weight is 432 g/mol. The van der Waals surface area contributed by atoms with Crippen LogP contribution in [0.3, 0.4) is 0 Å². The van der Waals surface area contributed by atoms with Crippen LogP contribution < -0.4 is 27.2 Å². The highest BCUT2D eigenvalue weighted by Crippen LogP contribution is 2.15. The Labute approximate surface area is 176 Å². The van der Waals surface area contributed by atoms with Crippen LogP contribution >= 0.6 is 0 Å². The number of likely N-dealkylation sites (N-methyl/N-ethyl adjacent to an activating group) is 1. The molecule has 12 heteroatoms. The second-order valence-corrected chi connectivity index (χ2v) is 6.83. The molecule has 1 atom stereocenters. The van der Waals surface area contributed by atoms with Crippen molar-refractivity contribution in [1.29, 1.82) is 0 Å². The van der Waals surface area contributed by atoms with Gasteiger partial charge in [-0.25, -0.2) is 4.79 Å². The maximum Gasteiger partial charge on any atom is 0.326 e. The number of nitrogens with one attached hydrogen (secondary N) is 2. The standard InChI is InChI=1S/C19H24N6O6/c1-25(9-8-12-15(20)23-19(21)24-17(12)29)11-4-2-10(3-5-11)16(28)22-13(18(30)31)6-7-14(26)27/h2-5,13H,6-9H2,1H3,(H,22,28)(H,26,27)(H,30,31)(H5,20,21,23,24,29)/t13-/m0/s1.